The summed E-state index contributed by atoms with van der Waals surface area (Å²) in [6.07, 6.45) is 0. The van der Waals surface area contributed by atoms with Gasteiger partial charge in [0, 0.05) is 25.5 Å². The highest BCUT2D eigenvalue weighted by Gasteiger charge is 2.21. The topological polar surface area (TPSA) is 62.3 Å². The Labute approximate surface area is 149 Å². The van der Waals surface area contributed by atoms with Crippen molar-refractivity contribution in [3.05, 3.63) is 53.0 Å². The second kappa shape index (κ2) is 7.06. The lowest BCUT2D eigenvalue weighted by molar-refractivity contribution is 0.482. The zero-order valence-electron chi connectivity index (χ0n) is 12.9. The summed E-state index contributed by atoms with van der Waals surface area (Å²) < 4.78 is 26.3. The van der Waals surface area contributed by atoms with Gasteiger partial charge in [-0.05, 0) is 22.9 Å². The van der Waals surface area contributed by atoms with Crippen LogP contribution in [0.2, 0.25) is 5.15 Å². The van der Waals surface area contributed by atoms with Gasteiger partial charge in [-0.3, -0.25) is 0 Å². The number of likely N-dealkylation sites (N-methyl/N-ethyl adjacent to an activating group) is 1. The molecular weight excluding hydrogens is 366 g/mol. The molecule has 3 rings (SSSR count). The Morgan fingerprint density at radius 1 is 1.25 bits per heavy atom. The fourth-order valence-electron chi connectivity index (χ4n) is 2.27. The molecule has 1 aromatic carbocycles. The van der Waals surface area contributed by atoms with Crippen molar-refractivity contribution in [2.75, 3.05) is 25.5 Å². The number of hydrogen-bond acceptors (Lipinski definition) is 5. The molecular formula is C16H16ClN3O2S2. The Kier molecular flexibility index (Phi) is 5.05. The maximum absolute atomic E-state index is 12.3. The van der Waals surface area contributed by atoms with Crippen LogP contribution in [-0.2, 0) is 10.0 Å². The summed E-state index contributed by atoms with van der Waals surface area (Å²) in [5, 5.41) is 7.18. The SMILES string of the molecule is CN(CCNc1cc2ccccc2c(Cl)n1)S(=O)(=O)c1cccs1. The number of fused-ring (bicyclic) bond motifs is 1. The summed E-state index contributed by atoms with van der Waals surface area (Å²) in [6, 6.07) is 12.9. The van der Waals surface area contributed by atoms with Gasteiger partial charge in [0.2, 0.25) is 0 Å². The molecule has 3 aromatic rings. The maximum atomic E-state index is 12.3. The van der Waals surface area contributed by atoms with Crippen molar-refractivity contribution in [3.63, 3.8) is 0 Å². The fraction of sp³-hybridized carbons (Fsp3) is 0.188. The standard InChI is InChI=1S/C16H16ClN3O2S2/c1-20(24(21,22)15-7-4-10-23-15)9-8-18-14-11-12-5-2-3-6-13(12)16(17)19-14/h2-7,10-11H,8-9H2,1H3,(H,18,19). The molecule has 24 heavy (non-hydrogen) atoms. The van der Waals surface area contributed by atoms with Crippen LogP contribution < -0.4 is 5.32 Å². The normalized spacial score (nSPS) is 12.0. The third-order valence-electron chi connectivity index (χ3n) is 3.59. The Bertz CT molecular complexity index is 943. The smallest absolute Gasteiger partial charge is 0.252 e. The van der Waals surface area contributed by atoms with Crippen molar-refractivity contribution in [2.24, 2.45) is 0 Å². The molecule has 2 aromatic heterocycles. The summed E-state index contributed by atoms with van der Waals surface area (Å²) in [6.45, 7) is 0.759. The van der Waals surface area contributed by atoms with Crippen molar-refractivity contribution in [1.29, 1.82) is 0 Å². The summed E-state index contributed by atoms with van der Waals surface area (Å²) >= 11 is 7.40. The first kappa shape index (κ1) is 17.2. The molecule has 0 fully saturated rings. The fourth-order valence-corrected chi connectivity index (χ4v) is 4.91. The number of sulfonamides is 1. The van der Waals surface area contributed by atoms with Crippen molar-refractivity contribution in [1.82, 2.24) is 9.29 Å². The number of hydrogen-bond donors (Lipinski definition) is 1. The van der Waals surface area contributed by atoms with E-state index in [1.807, 2.05) is 30.3 Å². The first-order valence-corrected chi connectivity index (χ1v) is 9.97. The van der Waals surface area contributed by atoms with E-state index in [2.05, 4.69) is 10.3 Å². The molecule has 0 unspecified atom stereocenters. The van der Waals surface area contributed by atoms with Crippen LogP contribution in [0.15, 0.2) is 52.1 Å². The van der Waals surface area contributed by atoms with Gasteiger partial charge in [0.25, 0.3) is 10.0 Å². The van der Waals surface area contributed by atoms with E-state index in [-0.39, 0.29) is 0 Å². The van der Waals surface area contributed by atoms with Crippen LogP contribution in [0.3, 0.4) is 0 Å². The monoisotopic (exact) mass is 381 g/mol. The van der Waals surface area contributed by atoms with Gasteiger partial charge in [0.05, 0.1) is 0 Å². The number of anilines is 1. The van der Waals surface area contributed by atoms with E-state index < -0.39 is 10.0 Å². The molecule has 0 saturated carbocycles. The van der Waals surface area contributed by atoms with E-state index in [0.29, 0.717) is 28.3 Å². The minimum atomic E-state index is -3.43. The molecule has 1 N–H and O–H groups in total. The van der Waals surface area contributed by atoms with Gasteiger partial charge in [-0.15, -0.1) is 11.3 Å². The number of halogens is 1. The lowest BCUT2D eigenvalue weighted by atomic mass is 10.2. The third kappa shape index (κ3) is 3.54. The zero-order valence-corrected chi connectivity index (χ0v) is 15.3. The van der Waals surface area contributed by atoms with Crippen molar-refractivity contribution in [3.8, 4) is 0 Å². The Hall–Kier alpha value is -1.67. The number of aromatic nitrogens is 1. The van der Waals surface area contributed by atoms with E-state index in [4.69, 9.17) is 11.6 Å². The van der Waals surface area contributed by atoms with Crippen LogP contribution in [0.25, 0.3) is 10.8 Å². The number of rotatable bonds is 6. The third-order valence-corrected chi connectivity index (χ3v) is 7.10. The number of nitrogens with one attached hydrogen (secondary N) is 1. The van der Waals surface area contributed by atoms with Crippen molar-refractivity contribution >= 4 is 49.6 Å². The van der Waals surface area contributed by atoms with Crippen LogP contribution in [0.4, 0.5) is 5.82 Å². The van der Waals surface area contributed by atoms with Gasteiger partial charge in [-0.1, -0.05) is 41.9 Å². The first-order chi connectivity index (χ1) is 11.5. The largest absolute Gasteiger partial charge is 0.369 e. The number of pyridine rings is 1. The molecule has 2 heterocycles. The minimum Gasteiger partial charge on any atom is -0.369 e. The van der Waals surface area contributed by atoms with Gasteiger partial charge < -0.3 is 5.32 Å². The second-order valence-electron chi connectivity index (χ2n) is 5.20. The Balaban J connectivity index is 1.66. The molecule has 0 atom stereocenters. The highest BCUT2D eigenvalue weighted by atomic mass is 35.5. The highest BCUT2D eigenvalue weighted by molar-refractivity contribution is 7.91. The van der Waals surface area contributed by atoms with Crippen LogP contribution in [0.1, 0.15) is 0 Å². The highest BCUT2D eigenvalue weighted by Crippen LogP contribution is 2.24. The average molecular weight is 382 g/mol. The molecule has 5 nitrogen and oxygen atoms in total. The lowest BCUT2D eigenvalue weighted by Gasteiger charge is -2.16. The number of nitrogens with zero attached hydrogens (tertiary/aromatic N) is 2. The molecule has 0 amide bonds. The van der Waals surface area contributed by atoms with Gasteiger partial charge >= 0.3 is 0 Å². The average Bonchev–Trinajstić information content (AvgIpc) is 3.10. The molecule has 0 aliphatic carbocycles. The second-order valence-corrected chi connectivity index (χ2v) is 8.78. The summed E-state index contributed by atoms with van der Waals surface area (Å²) in [5.41, 5.74) is 0. The molecule has 0 bridgehead atoms. The molecule has 0 saturated heterocycles. The van der Waals surface area contributed by atoms with E-state index in [1.54, 1.807) is 24.6 Å². The molecule has 0 spiro atoms. The van der Waals surface area contributed by atoms with Gasteiger partial charge in [0.15, 0.2) is 0 Å². The van der Waals surface area contributed by atoms with Crippen molar-refractivity contribution in [2.45, 2.75) is 4.21 Å². The lowest BCUT2D eigenvalue weighted by Crippen LogP contribution is -2.31. The van der Waals surface area contributed by atoms with Crippen LogP contribution in [0.5, 0.6) is 0 Å². The van der Waals surface area contributed by atoms with Gasteiger partial charge in [-0.2, -0.15) is 4.31 Å². The number of benzene rings is 1. The van der Waals surface area contributed by atoms with E-state index in [1.165, 1.54) is 15.6 Å². The molecule has 0 aliphatic heterocycles. The minimum absolute atomic E-state index is 0.326. The van der Waals surface area contributed by atoms with Crippen molar-refractivity contribution < 1.29 is 8.42 Å². The summed E-state index contributed by atoms with van der Waals surface area (Å²) in [7, 11) is -1.86. The van der Waals surface area contributed by atoms with Crippen LogP contribution in [-0.4, -0.2) is 37.8 Å². The zero-order chi connectivity index (χ0) is 17.2. The first-order valence-electron chi connectivity index (χ1n) is 7.27. The van der Waals surface area contributed by atoms with E-state index >= 15 is 0 Å². The van der Waals surface area contributed by atoms with E-state index in [0.717, 1.165) is 10.8 Å². The van der Waals surface area contributed by atoms with Crippen LogP contribution >= 0.6 is 22.9 Å². The Morgan fingerprint density at radius 2 is 2.04 bits per heavy atom. The predicted molar refractivity (Wildman–Crippen MR) is 99.4 cm³/mol. The predicted octanol–water partition coefficient (Wildman–Crippen LogP) is 3.68. The van der Waals surface area contributed by atoms with Gasteiger partial charge in [-0.25, -0.2) is 13.4 Å². The quantitative estimate of drug-likeness (QED) is 0.661. The Morgan fingerprint density at radius 3 is 2.79 bits per heavy atom. The van der Waals surface area contributed by atoms with E-state index in [9.17, 15) is 8.42 Å². The molecule has 0 radical (unpaired) electrons. The molecule has 0 aliphatic rings. The molecule has 126 valence electrons. The van der Waals surface area contributed by atoms with Crippen LogP contribution in [0, 0.1) is 0 Å². The summed E-state index contributed by atoms with van der Waals surface area (Å²) in [4.78, 5) is 4.30. The summed E-state index contributed by atoms with van der Waals surface area (Å²) in [5.74, 6) is 0.626. The molecule has 8 heteroatoms. The number of thiophene rings is 1. The maximum Gasteiger partial charge on any atom is 0.252 e. The van der Waals surface area contributed by atoms with Gasteiger partial charge in [0.1, 0.15) is 15.2 Å².